The predicted molar refractivity (Wildman–Crippen MR) is 79.2 cm³/mol. The Bertz CT molecular complexity index is 603. The fourth-order valence-corrected chi connectivity index (χ4v) is 3.18. The summed E-state index contributed by atoms with van der Waals surface area (Å²) in [6, 6.07) is 8.65. The lowest BCUT2D eigenvalue weighted by molar-refractivity contribution is 0.291. The molecule has 0 aromatic heterocycles. The lowest BCUT2D eigenvalue weighted by Gasteiger charge is -2.28. The van der Waals surface area contributed by atoms with Gasteiger partial charge in [-0.3, -0.25) is 0 Å². The molecule has 0 radical (unpaired) electrons. The van der Waals surface area contributed by atoms with E-state index in [2.05, 4.69) is 0 Å². The first-order chi connectivity index (χ1) is 9.20. The lowest BCUT2D eigenvalue weighted by Crippen LogP contribution is -2.40. The van der Waals surface area contributed by atoms with Crippen LogP contribution in [0.3, 0.4) is 0 Å². The van der Waals surface area contributed by atoms with Gasteiger partial charge in [-0.1, -0.05) is 26.0 Å². The van der Waals surface area contributed by atoms with Gasteiger partial charge < -0.3 is 5.73 Å². The number of benzene rings is 1. The minimum atomic E-state index is -3.41. The number of hydrogen-bond donors (Lipinski definition) is 1. The van der Waals surface area contributed by atoms with Gasteiger partial charge in [0.15, 0.2) is 0 Å². The van der Waals surface area contributed by atoms with Crippen LogP contribution in [0.4, 0.5) is 0 Å². The van der Waals surface area contributed by atoms with E-state index in [0.717, 1.165) is 0 Å². The summed E-state index contributed by atoms with van der Waals surface area (Å²) < 4.78 is 25.9. The topological polar surface area (TPSA) is 87.2 Å². The third-order valence-corrected chi connectivity index (χ3v) is 4.86. The molecular weight excluding hydrogens is 274 g/mol. The van der Waals surface area contributed by atoms with Crippen LogP contribution in [0, 0.1) is 16.7 Å². The Morgan fingerprint density at radius 1 is 1.40 bits per heavy atom. The molecule has 2 N–H and O–H groups in total. The molecule has 0 atom stereocenters. The first-order valence-corrected chi connectivity index (χ1v) is 7.94. The van der Waals surface area contributed by atoms with Gasteiger partial charge in [-0.2, -0.15) is 5.26 Å². The van der Waals surface area contributed by atoms with Gasteiger partial charge in [0.05, 0.1) is 17.4 Å². The van der Waals surface area contributed by atoms with Crippen molar-refractivity contribution >= 4 is 10.0 Å². The fraction of sp³-hybridized carbons (Fsp3) is 0.500. The molecule has 1 aromatic carbocycles. The molecule has 0 saturated heterocycles. The Hall–Kier alpha value is -1.42. The molecule has 0 fully saturated rings. The number of nitrogens with zero attached hydrogens (tertiary/aromatic N) is 2. The van der Waals surface area contributed by atoms with E-state index in [1.54, 1.807) is 31.3 Å². The Labute approximate surface area is 121 Å². The molecule has 0 heterocycles. The van der Waals surface area contributed by atoms with Gasteiger partial charge in [-0.25, -0.2) is 12.7 Å². The van der Waals surface area contributed by atoms with E-state index in [0.29, 0.717) is 24.2 Å². The second-order valence-electron chi connectivity index (χ2n) is 5.69. The zero-order valence-electron chi connectivity index (χ0n) is 12.1. The second-order valence-corrected chi connectivity index (χ2v) is 7.77. The molecule has 5 nitrogen and oxygen atoms in total. The number of hydrogen-bond acceptors (Lipinski definition) is 4. The predicted octanol–water partition coefficient (Wildman–Crippen LogP) is 1.30. The van der Waals surface area contributed by atoms with Crippen molar-refractivity contribution in [1.29, 1.82) is 5.26 Å². The number of nitriles is 1. The first kappa shape index (κ1) is 16.6. The molecule has 0 aliphatic carbocycles. The van der Waals surface area contributed by atoms with Crippen LogP contribution in [-0.2, 0) is 15.8 Å². The average molecular weight is 295 g/mol. The average Bonchev–Trinajstić information content (AvgIpc) is 2.38. The van der Waals surface area contributed by atoms with Gasteiger partial charge in [0, 0.05) is 13.6 Å². The molecule has 0 aliphatic rings. The Morgan fingerprint density at radius 2 is 2.05 bits per heavy atom. The molecule has 0 unspecified atom stereocenters. The molecule has 110 valence electrons. The van der Waals surface area contributed by atoms with Gasteiger partial charge in [0.25, 0.3) is 0 Å². The molecule has 0 aliphatic heterocycles. The molecular formula is C14H21N3O2S. The van der Waals surface area contributed by atoms with Crippen LogP contribution in [0.1, 0.15) is 25.0 Å². The van der Waals surface area contributed by atoms with Crippen molar-refractivity contribution < 1.29 is 8.42 Å². The number of sulfonamides is 1. The number of nitrogens with two attached hydrogens (primary N) is 1. The van der Waals surface area contributed by atoms with Crippen molar-refractivity contribution in [2.45, 2.75) is 19.6 Å². The van der Waals surface area contributed by atoms with Crippen LogP contribution in [-0.4, -0.2) is 32.9 Å². The summed E-state index contributed by atoms with van der Waals surface area (Å²) in [7, 11) is -1.86. The largest absolute Gasteiger partial charge is 0.330 e. The van der Waals surface area contributed by atoms with E-state index in [-0.39, 0.29) is 11.2 Å². The summed E-state index contributed by atoms with van der Waals surface area (Å²) >= 11 is 0. The molecule has 0 saturated carbocycles. The highest BCUT2D eigenvalue weighted by Crippen LogP contribution is 2.18. The molecule has 1 aromatic rings. The van der Waals surface area contributed by atoms with Crippen LogP contribution in [0.5, 0.6) is 0 Å². The van der Waals surface area contributed by atoms with Crippen LogP contribution in [0.15, 0.2) is 24.3 Å². The maximum Gasteiger partial charge on any atom is 0.218 e. The van der Waals surface area contributed by atoms with Crippen molar-refractivity contribution in [2.24, 2.45) is 11.1 Å². The van der Waals surface area contributed by atoms with Crippen molar-refractivity contribution in [2.75, 3.05) is 20.1 Å². The summed E-state index contributed by atoms with van der Waals surface area (Å²) in [6.07, 6.45) is 0. The highest BCUT2D eigenvalue weighted by Gasteiger charge is 2.25. The zero-order valence-corrected chi connectivity index (χ0v) is 12.9. The van der Waals surface area contributed by atoms with Gasteiger partial charge in [-0.15, -0.1) is 0 Å². The van der Waals surface area contributed by atoms with Crippen molar-refractivity contribution in [3.63, 3.8) is 0 Å². The summed E-state index contributed by atoms with van der Waals surface area (Å²) in [5.74, 6) is -0.111. The fourth-order valence-electron chi connectivity index (χ4n) is 1.82. The monoisotopic (exact) mass is 295 g/mol. The van der Waals surface area contributed by atoms with E-state index in [9.17, 15) is 8.42 Å². The minimum Gasteiger partial charge on any atom is -0.330 e. The van der Waals surface area contributed by atoms with Crippen molar-refractivity contribution in [3.05, 3.63) is 35.4 Å². The van der Waals surface area contributed by atoms with E-state index < -0.39 is 10.0 Å². The normalized spacial score (nSPS) is 12.4. The molecule has 20 heavy (non-hydrogen) atoms. The van der Waals surface area contributed by atoms with Crippen LogP contribution >= 0.6 is 0 Å². The molecule has 0 bridgehead atoms. The molecule has 0 spiro atoms. The maximum absolute atomic E-state index is 12.3. The summed E-state index contributed by atoms with van der Waals surface area (Å²) in [5, 5.41) is 8.83. The van der Waals surface area contributed by atoms with Crippen molar-refractivity contribution in [1.82, 2.24) is 4.31 Å². The standard InChI is InChI=1S/C14H21N3O2S/c1-14(2,10-16)11-17(3)20(18,19)9-13-6-4-5-12(7-13)8-15/h4-7H,9-11,16H2,1-3H3. The Balaban J connectivity index is 2.87. The Morgan fingerprint density at radius 3 is 2.60 bits per heavy atom. The van der Waals surface area contributed by atoms with Gasteiger partial charge in [0.1, 0.15) is 0 Å². The van der Waals surface area contributed by atoms with Crippen molar-refractivity contribution in [3.8, 4) is 6.07 Å². The molecule has 0 amide bonds. The molecule has 1 rings (SSSR count). The van der Waals surface area contributed by atoms with Crippen LogP contribution in [0.25, 0.3) is 0 Å². The van der Waals surface area contributed by atoms with Crippen LogP contribution < -0.4 is 5.73 Å². The summed E-state index contributed by atoms with van der Waals surface area (Å²) in [4.78, 5) is 0. The van der Waals surface area contributed by atoms with Gasteiger partial charge >= 0.3 is 0 Å². The lowest BCUT2D eigenvalue weighted by atomic mass is 9.94. The SMILES string of the molecule is CN(CC(C)(C)CN)S(=O)(=O)Cc1cccc(C#N)c1. The number of rotatable bonds is 6. The van der Waals surface area contributed by atoms with E-state index in [1.165, 1.54) is 4.31 Å². The highest BCUT2D eigenvalue weighted by molar-refractivity contribution is 7.88. The smallest absolute Gasteiger partial charge is 0.218 e. The van der Waals surface area contributed by atoms with E-state index >= 15 is 0 Å². The van der Waals surface area contributed by atoms with Gasteiger partial charge in [0.2, 0.25) is 10.0 Å². The first-order valence-electron chi connectivity index (χ1n) is 6.33. The zero-order chi connectivity index (χ0) is 15.4. The second kappa shape index (κ2) is 6.35. The highest BCUT2D eigenvalue weighted by atomic mass is 32.2. The van der Waals surface area contributed by atoms with Gasteiger partial charge in [-0.05, 0) is 29.7 Å². The summed E-state index contributed by atoms with van der Waals surface area (Å²) in [6.45, 7) is 4.63. The molecule has 6 heteroatoms. The van der Waals surface area contributed by atoms with E-state index in [4.69, 9.17) is 11.0 Å². The Kier molecular flexibility index (Phi) is 5.28. The minimum absolute atomic E-state index is 0.111. The quantitative estimate of drug-likeness (QED) is 0.857. The van der Waals surface area contributed by atoms with E-state index in [1.807, 2.05) is 19.9 Å². The van der Waals surface area contributed by atoms with Crippen LogP contribution in [0.2, 0.25) is 0 Å². The maximum atomic E-state index is 12.3. The summed E-state index contributed by atoms with van der Waals surface area (Å²) in [5.41, 5.74) is 6.44. The third-order valence-electron chi connectivity index (χ3n) is 3.08. The third kappa shape index (κ3) is 4.60.